The van der Waals surface area contributed by atoms with Crippen molar-refractivity contribution in [2.75, 3.05) is 11.9 Å². The number of pyridine rings is 1. The van der Waals surface area contributed by atoms with Crippen molar-refractivity contribution >= 4 is 5.82 Å². The first-order valence-corrected chi connectivity index (χ1v) is 6.48. The monoisotopic (exact) mass is 244 g/mol. The minimum Gasteiger partial charge on any atom is -0.356 e. The number of aromatic nitrogens is 1. The number of anilines is 1. The van der Waals surface area contributed by atoms with E-state index in [0.29, 0.717) is 17.6 Å². The van der Waals surface area contributed by atoms with Crippen molar-refractivity contribution in [3.8, 4) is 6.07 Å². The molecule has 4 heteroatoms. The van der Waals surface area contributed by atoms with Gasteiger partial charge >= 0.3 is 0 Å². The van der Waals surface area contributed by atoms with Crippen LogP contribution < -0.4 is 10.6 Å². The summed E-state index contributed by atoms with van der Waals surface area (Å²) in [5.41, 5.74) is 7.53. The maximum absolute atomic E-state index is 9.16. The van der Waals surface area contributed by atoms with Crippen molar-refractivity contribution in [3.63, 3.8) is 0 Å². The summed E-state index contributed by atoms with van der Waals surface area (Å²) in [6.45, 7) is 1.95. The SMILES string of the molecule is Cc1ccc(C#N)c(N(C)C2CCC(N)CC2)n1. The summed E-state index contributed by atoms with van der Waals surface area (Å²) in [5.74, 6) is 0.804. The molecule has 96 valence electrons. The average molecular weight is 244 g/mol. The molecule has 0 radical (unpaired) electrons. The molecular formula is C14H20N4. The predicted molar refractivity (Wildman–Crippen MR) is 72.3 cm³/mol. The first-order valence-electron chi connectivity index (χ1n) is 6.48. The van der Waals surface area contributed by atoms with Crippen LogP contribution in [0.25, 0.3) is 0 Å². The molecule has 0 unspecified atom stereocenters. The number of aryl methyl sites for hydroxylation is 1. The van der Waals surface area contributed by atoms with E-state index < -0.39 is 0 Å². The maximum atomic E-state index is 9.16. The second kappa shape index (κ2) is 5.36. The van der Waals surface area contributed by atoms with E-state index in [4.69, 9.17) is 11.0 Å². The number of nitriles is 1. The third-order valence-electron chi connectivity index (χ3n) is 3.76. The molecule has 1 saturated carbocycles. The van der Waals surface area contributed by atoms with Crippen molar-refractivity contribution in [1.29, 1.82) is 5.26 Å². The van der Waals surface area contributed by atoms with E-state index in [2.05, 4.69) is 16.0 Å². The van der Waals surface area contributed by atoms with E-state index >= 15 is 0 Å². The quantitative estimate of drug-likeness (QED) is 0.863. The summed E-state index contributed by atoms with van der Waals surface area (Å²) >= 11 is 0. The lowest BCUT2D eigenvalue weighted by Crippen LogP contribution is -2.39. The number of nitrogens with two attached hydrogens (primary N) is 1. The zero-order valence-electron chi connectivity index (χ0n) is 11.1. The smallest absolute Gasteiger partial charge is 0.146 e. The van der Waals surface area contributed by atoms with Crippen molar-refractivity contribution in [2.45, 2.75) is 44.7 Å². The Morgan fingerprint density at radius 2 is 2.00 bits per heavy atom. The Balaban J connectivity index is 2.20. The molecular weight excluding hydrogens is 224 g/mol. The van der Waals surface area contributed by atoms with Gasteiger partial charge in [0.05, 0.1) is 5.56 Å². The van der Waals surface area contributed by atoms with Gasteiger partial charge < -0.3 is 10.6 Å². The third kappa shape index (κ3) is 2.62. The van der Waals surface area contributed by atoms with E-state index in [9.17, 15) is 0 Å². The molecule has 0 amide bonds. The largest absolute Gasteiger partial charge is 0.356 e. The van der Waals surface area contributed by atoms with Crippen LogP contribution in [0.15, 0.2) is 12.1 Å². The van der Waals surface area contributed by atoms with Gasteiger partial charge in [-0.1, -0.05) is 0 Å². The number of hydrogen-bond acceptors (Lipinski definition) is 4. The van der Waals surface area contributed by atoms with Crippen LogP contribution in [0.5, 0.6) is 0 Å². The van der Waals surface area contributed by atoms with Crippen LogP contribution in [0.1, 0.15) is 36.9 Å². The fourth-order valence-electron chi connectivity index (χ4n) is 2.56. The molecule has 2 rings (SSSR count). The fraction of sp³-hybridized carbons (Fsp3) is 0.571. The van der Waals surface area contributed by atoms with Gasteiger partial charge in [0.15, 0.2) is 0 Å². The van der Waals surface area contributed by atoms with Crippen molar-refractivity contribution in [3.05, 3.63) is 23.4 Å². The van der Waals surface area contributed by atoms with E-state index in [1.54, 1.807) is 0 Å². The highest BCUT2D eigenvalue weighted by Crippen LogP contribution is 2.26. The topological polar surface area (TPSA) is 65.9 Å². The van der Waals surface area contributed by atoms with E-state index in [0.717, 1.165) is 37.2 Å². The summed E-state index contributed by atoms with van der Waals surface area (Å²) in [7, 11) is 2.03. The maximum Gasteiger partial charge on any atom is 0.146 e. The first kappa shape index (κ1) is 12.8. The molecule has 1 heterocycles. The Labute approximate surface area is 108 Å². The molecule has 0 aromatic carbocycles. The van der Waals surface area contributed by atoms with Crippen LogP contribution in [0, 0.1) is 18.3 Å². The average Bonchev–Trinajstić information content (AvgIpc) is 2.39. The summed E-state index contributed by atoms with van der Waals surface area (Å²) in [4.78, 5) is 6.66. The minimum absolute atomic E-state index is 0.343. The molecule has 1 aromatic heterocycles. The Morgan fingerprint density at radius 1 is 1.33 bits per heavy atom. The van der Waals surface area contributed by atoms with Gasteiger partial charge in [-0.25, -0.2) is 4.98 Å². The molecule has 1 fully saturated rings. The van der Waals surface area contributed by atoms with Gasteiger partial charge in [0, 0.05) is 24.8 Å². The fourth-order valence-corrected chi connectivity index (χ4v) is 2.56. The minimum atomic E-state index is 0.343. The van der Waals surface area contributed by atoms with Crippen molar-refractivity contribution in [2.24, 2.45) is 5.73 Å². The molecule has 2 N–H and O–H groups in total. The first-order chi connectivity index (χ1) is 8.61. The molecule has 1 aliphatic rings. The van der Waals surface area contributed by atoms with Crippen LogP contribution >= 0.6 is 0 Å². The Hall–Kier alpha value is -1.60. The Morgan fingerprint density at radius 3 is 2.61 bits per heavy atom. The third-order valence-corrected chi connectivity index (χ3v) is 3.76. The Bertz CT molecular complexity index is 455. The van der Waals surface area contributed by atoms with Crippen molar-refractivity contribution in [1.82, 2.24) is 4.98 Å². The lowest BCUT2D eigenvalue weighted by Gasteiger charge is -2.34. The summed E-state index contributed by atoms with van der Waals surface area (Å²) in [5, 5.41) is 9.16. The van der Waals surface area contributed by atoms with Gasteiger partial charge in [0.25, 0.3) is 0 Å². The highest BCUT2D eigenvalue weighted by Gasteiger charge is 2.24. The predicted octanol–water partition coefficient (Wildman–Crippen LogP) is 1.97. The second-order valence-electron chi connectivity index (χ2n) is 5.12. The highest BCUT2D eigenvalue weighted by molar-refractivity contribution is 5.54. The number of rotatable bonds is 2. The van der Waals surface area contributed by atoms with Gasteiger partial charge in [0.2, 0.25) is 0 Å². The lowest BCUT2D eigenvalue weighted by molar-refractivity contribution is 0.383. The van der Waals surface area contributed by atoms with Gasteiger partial charge in [-0.05, 0) is 44.7 Å². The lowest BCUT2D eigenvalue weighted by atomic mass is 9.91. The summed E-state index contributed by atoms with van der Waals surface area (Å²) < 4.78 is 0. The van der Waals surface area contributed by atoms with Gasteiger partial charge in [0.1, 0.15) is 11.9 Å². The molecule has 0 bridgehead atoms. The van der Waals surface area contributed by atoms with Crippen LogP contribution in [0.3, 0.4) is 0 Å². The van der Waals surface area contributed by atoms with Crippen LogP contribution in [-0.4, -0.2) is 24.1 Å². The van der Waals surface area contributed by atoms with Crippen molar-refractivity contribution < 1.29 is 0 Å². The molecule has 4 nitrogen and oxygen atoms in total. The standard InChI is InChI=1S/C14H20N4/c1-10-3-4-11(9-15)14(17-10)18(2)13-7-5-12(16)6-8-13/h3-4,12-13H,5-8,16H2,1-2H3. The van der Waals surface area contributed by atoms with E-state index in [1.165, 1.54) is 0 Å². The molecule has 0 spiro atoms. The number of hydrogen-bond donors (Lipinski definition) is 1. The molecule has 0 atom stereocenters. The van der Waals surface area contributed by atoms with E-state index in [1.807, 2.05) is 26.1 Å². The highest BCUT2D eigenvalue weighted by atomic mass is 15.2. The molecule has 18 heavy (non-hydrogen) atoms. The zero-order valence-corrected chi connectivity index (χ0v) is 11.1. The zero-order chi connectivity index (χ0) is 13.1. The number of nitrogens with zero attached hydrogens (tertiary/aromatic N) is 3. The summed E-state index contributed by atoms with van der Waals surface area (Å²) in [6.07, 6.45) is 4.28. The normalized spacial score (nSPS) is 23.4. The van der Waals surface area contributed by atoms with Gasteiger partial charge in [-0.2, -0.15) is 5.26 Å². The molecule has 1 aliphatic carbocycles. The van der Waals surface area contributed by atoms with Gasteiger partial charge in [-0.3, -0.25) is 0 Å². The summed E-state index contributed by atoms with van der Waals surface area (Å²) in [6, 6.07) is 6.75. The Kier molecular flexibility index (Phi) is 3.83. The molecule has 0 saturated heterocycles. The van der Waals surface area contributed by atoms with Crippen LogP contribution in [0.4, 0.5) is 5.82 Å². The van der Waals surface area contributed by atoms with Gasteiger partial charge in [-0.15, -0.1) is 0 Å². The van der Waals surface area contributed by atoms with Crippen LogP contribution in [0.2, 0.25) is 0 Å². The second-order valence-corrected chi connectivity index (χ2v) is 5.12. The van der Waals surface area contributed by atoms with Crippen LogP contribution in [-0.2, 0) is 0 Å². The molecule has 0 aliphatic heterocycles. The van der Waals surface area contributed by atoms with E-state index in [-0.39, 0.29) is 0 Å². The molecule has 1 aromatic rings.